The van der Waals surface area contributed by atoms with Gasteiger partial charge in [-0.05, 0) is 138 Å². The van der Waals surface area contributed by atoms with Gasteiger partial charge < -0.3 is 0 Å². The van der Waals surface area contributed by atoms with Crippen molar-refractivity contribution in [1.82, 2.24) is 0 Å². The van der Waals surface area contributed by atoms with Gasteiger partial charge in [0.1, 0.15) is 0 Å². The molecule has 0 heterocycles. The molecule has 0 amide bonds. The van der Waals surface area contributed by atoms with Gasteiger partial charge >= 0.3 is 67.9 Å². The van der Waals surface area contributed by atoms with E-state index in [-0.39, 0.29) is 58.2 Å². The average molecular weight is 2160 g/mol. The van der Waals surface area contributed by atoms with E-state index in [2.05, 4.69) is 90.0 Å². The summed E-state index contributed by atoms with van der Waals surface area (Å²) in [6.07, 6.45) is -41.2. The number of halogens is 33. The smallest absolute Gasteiger partial charge is 0.171 e. The minimum absolute atomic E-state index is 0.0362. The van der Waals surface area contributed by atoms with Crippen LogP contribution in [0.25, 0.3) is 0 Å². The molecule has 0 saturated heterocycles. The van der Waals surface area contributed by atoms with Gasteiger partial charge in [-0.15, -0.1) is 0 Å². The van der Waals surface area contributed by atoms with Gasteiger partial charge in [0, 0.05) is 12.8 Å². The molecule has 11 atom stereocenters. The molecule has 1 rings (SSSR count). The molecular weight excluding hydrogens is 1950 g/mol. The first-order chi connectivity index (χ1) is 61.0. The minimum Gasteiger partial charge on any atom is -0.171 e. The van der Waals surface area contributed by atoms with Crippen LogP contribution in [-0.2, 0) is 0 Å². The third-order valence-corrected chi connectivity index (χ3v) is 33.7. The Morgan fingerprint density at radius 3 is 0.629 bits per heavy atom. The molecule has 5 unspecified atom stereocenters. The molecule has 0 spiro atoms. The van der Waals surface area contributed by atoms with Crippen LogP contribution in [0.5, 0.6) is 0 Å². The maximum Gasteiger partial charge on any atom is 0.394 e. The lowest BCUT2D eigenvalue weighted by Gasteiger charge is -2.51. The van der Waals surface area contributed by atoms with Crippen molar-refractivity contribution in [2.24, 2.45) is 176 Å². The summed E-state index contributed by atoms with van der Waals surface area (Å²) in [6.45, 7) is 102. The first-order valence-corrected chi connectivity index (χ1v) is 50.7. The molecule has 143 heavy (non-hydrogen) atoms. The zero-order valence-electron chi connectivity index (χ0n) is 99.9. The van der Waals surface area contributed by atoms with Gasteiger partial charge in [-0.1, -0.05) is 440 Å². The molecule has 1 aliphatic rings. The van der Waals surface area contributed by atoms with Crippen LogP contribution in [-0.4, -0.2) is 67.9 Å². The summed E-state index contributed by atoms with van der Waals surface area (Å²) >= 11 is 0. The highest BCUT2D eigenvalue weighted by atomic mass is 19.5. The Balaban J connectivity index is -0.000000130. The Morgan fingerprint density at radius 1 is 0.266 bits per heavy atom. The highest BCUT2D eigenvalue weighted by molar-refractivity contribution is 4.99. The maximum absolute atomic E-state index is 12.9. The second-order valence-corrected chi connectivity index (χ2v) is 52.7. The molecule has 33 heteroatoms. The molecule has 0 N–H and O–H groups in total. The van der Waals surface area contributed by atoms with E-state index in [9.17, 15) is 145 Å². The van der Waals surface area contributed by atoms with Crippen molar-refractivity contribution in [2.75, 3.05) is 0 Å². The van der Waals surface area contributed by atoms with Gasteiger partial charge in [0.05, 0.1) is 51.2 Å². The van der Waals surface area contributed by atoms with Gasteiger partial charge in [0.25, 0.3) is 0 Å². The topological polar surface area (TPSA) is 0 Å². The Bertz CT molecular complexity index is 3020. The number of hydrogen-bond donors (Lipinski definition) is 0. The van der Waals surface area contributed by atoms with Gasteiger partial charge in [0.15, 0.2) is 0 Å². The zero-order chi connectivity index (χ0) is 120. The van der Waals surface area contributed by atoms with Crippen molar-refractivity contribution in [3.8, 4) is 0 Å². The SMILES string of the molecule is CC(C)(C)C(C)(C)C(C)(C)C(F)(F)F.CC(C)(C)C(C)(C)C(F)(F)F.CC(C)(C)C(C)(C)C(F)(F)F.CC(C)C(C)(C)C(C)(C)C.CC(C)C(C)(C)C(C)C(F)(F)F.CC(C)[C@@H](C)C(C)(C)C.CC(C)[C@@H](C)C(C)C(F)(F)F.CC(C)[C@@H](C)C(C)C(F)(F)F.CCC(C)(C)CC(F)(F)F.CCC(C)[C@@H](C)C(F)(F)F.CCC(CC)CC(F)(F)F.C[C@@H]1CCCC(C(F)(F)F)C1.C[C@H](C(C)(C)C)C(C)(C)C(F)(F)F. The van der Waals surface area contributed by atoms with E-state index in [1.807, 2.05) is 90.0 Å². The van der Waals surface area contributed by atoms with Crippen LogP contribution in [0.2, 0.25) is 0 Å². The van der Waals surface area contributed by atoms with Crippen molar-refractivity contribution >= 4 is 0 Å². The molecule has 1 aliphatic carbocycles. The van der Waals surface area contributed by atoms with E-state index in [0.29, 0.717) is 54.8 Å². The summed E-state index contributed by atoms with van der Waals surface area (Å²) in [5.41, 5.74) is -9.50. The molecule has 0 aliphatic heterocycles. The van der Waals surface area contributed by atoms with Crippen molar-refractivity contribution in [3.05, 3.63) is 0 Å². The predicted molar refractivity (Wildman–Crippen MR) is 535 cm³/mol. The number of rotatable bonds is 17. The van der Waals surface area contributed by atoms with Crippen molar-refractivity contribution < 1.29 is 145 Å². The summed E-state index contributed by atoms with van der Waals surface area (Å²) in [7, 11) is 0. The van der Waals surface area contributed by atoms with Crippen molar-refractivity contribution in [1.29, 1.82) is 0 Å². The Hall–Kier alpha value is -2.31. The van der Waals surface area contributed by atoms with E-state index in [1.165, 1.54) is 83.1 Å². The van der Waals surface area contributed by atoms with E-state index < -0.39 is 165 Å². The monoisotopic (exact) mass is 2160 g/mol. The normalized spacial score (nSPS) is 17.5. The van der Waals surface area contributed by atoms with Crippen LogP contribution >= 0.6 is 0 Å². The van der Waals surface area contributed by atoms with Crippen LogP contribution < -0.4 is 0 Å². The van der Waals surface area contributed by atoms with Gasteiger partial charge in [-0.25, -0.2) is 0 Å². The van der Waals surface area contributed by atoms with E-state index in [1.54, 1.807) is 138 Å². The first-order valence-electron chi connectivity index (χ1n) is 50.7. The fourth-order valence-corrected chi connectivity index (χ4v) is 12.0. The second kappa shape index (κ2) is 61.7. The fraction of sp³-hybridized carbons (Fsp3) is 1.00. The Labute approximate surface area is 851 Å². The third kappa shape index (κ3) is 67.1. The quantitative estimate of drug-likeness (QED) is 0.127. The highest BCUT2D eigenvalue weighted by Gasteiger charge is 2.61. The largest absolute Gasteiger partial charge is 0.394 e. The minimum atomic E-state index is -4.16. The van der Waals surface area contributed by atoms with Crippen LogP contribution in [0.1, 0.15) is 466 Å². The lowest BCUT2D eigenvalue weighted by molar-refractivity contribution is -0.263. The number of hydrogen-bond acceptors (Lipinski definition) is 0. The first kappa shape index (κ1) is 166. The molecule has 0 aromatic carbocycles. The molecule has 0 aromatic rings. The summed E-state index contributed by atoms with van der Waals surface area (Å²) in [5, 5.41) is 0. The molecule has 0 radical (unpaired) electrons. The summed E-state index contributed by atoms with van der Waals surface area (Å²) in [5.74, 6) is -4.40. The molecule has 1 fully saturated rings. The van der Waals surface area contributed by atoms with Gasteiger partial charge in [-0.2, -0.15) is 145 Å². The van der Waals surface area contributed by atoms with Gasteiger partial charge in [0.2, 0.25) is 0 Å². The molecule has 0 nitrogen and oxygen atoms in total. The van der Waals surface area contributed by atoms with Crippen LogP contribution in [0, 0.1) is 176 Å². The number of alkyl halides is 33. The molecule has 882 valence electrons. The molecule has 1 saturated carbocycles. The second-order valence-electron chi connectivity index (χ2n) is 52.7. The maximum atomic E-state index is 12.9. The average Bonchev–Trinajstić information content (AvgIpc) is 0.746. The van der Waals surface area contributed by atoms with E-state index in [0.717, 1.165) is 30.6 Å². The standard InChI is InChI=1S/C11H21F3.C10H19F3.C10H22.C9H17F3.C9H20.C8H13F3.4C8H15F3.3C7H13F3/c1-8(2,3)9(4,5)10(6,7)11(12,13)14;1-7(8(2,3)4)9(5,6)10(11,12)13;1-8(2)10(6,7)9(3,4)5;1-6(2)8(4,5)7(3)9(10,11)12;1-7(2)8(3)9(4,5)6;1-6-3-2-4-7(5-6)8(9,10)11;2*1-6(2,3)7(4,5)8(9,10)11;2*1-5(2)6(3)7(4)8(9,10)11;1-4-6(2,3)5-7(8,9)10;1-4-5(2)6(3)7(8,9)10;1-3-6(4-2)5-7(8,9)10/h1-7H3;7H,1-6H3;8H,1-7H3;6-7H,1-5H3;7-8H,1-6H3;6-7H,2-5H2,1H3;2*1-5H3;2*5-7H,1-4H3;4-5H2,1-3H3;5-6H,4H2,1-3H3;6H,3-5H2,1-2H3/t;7-;;;8-;6-,7?;;;2*6-,7?;;5?,6-;/m.1..11..11.1./s1. The predicted octanol–water partition coefficient (Wildman–Crippen LogP) is 47.4. The lowest BCUT2D eigenvalue weighted by atomic mass is 9.55. The van der Waals surface area contributed by atoms with Crippen LogP contribution in [0.3, 0.4) is 0 Å². The van der Waals surface area contributed by atoms with Crippen molar-refractivity contribution in [3.63, 3.8) is 0 Å². The zero-order valence-corrected chi connectivity index (χ0v) is 99.9. The fourth-order valence-electron chi connectivity index (χ4n) is 12.0. The van der Waals surface area contributed by atoms with E-state index in [4.69, 9.17) is 0 Å². The van der Waals surface area contributed by atoms with Gasteiger partial charge in [-0.3, -0.25) is 0 Å². The summed E-state index contributed by atoms with van der Waals surface area (Å²) < 4.78 is 402. The Morgan fingerprint density at radius 2 is 0.552 bits per heavy atom. The van der Waals surface area contributed by atoms with Crippen molar-refractivity contribution in [2.45, 2.75) is 534 Å². The molecule has 0 bridgehead atoms. The molecular formula is C110H211F33. The van der Waals surface area contributed by atoms with Crippen LogP contribution in [0.15, 0.2) is 0 Å². The Kier molecular flexibility index (Phi) is 71.5. The van der Waals surface area contributed by atoms with E-state index >= 15 is 0 Å². The van der Waals surface area contributed by atoms with Crippen LogP contribution in [0.4, 0.5) is 145 Å². The molecule has 0 aromatic heterocycles. The summed E-state index contributed by atoms with van der Waals surface area (Å²) in [4.78, 5) is 0. The third-order valence-electron chi connectivity index (χ3n) is 33.7. The summed E-state index contributed by atoms with van der Waals surface area (Å²) in [6, 6.07) is 0. The lowest BCUT2D eigenvalue weighted by Crippen LogP contribution is -2.51. The highest BCUT2D eigenvalue weighted by Crippen LogP contribution is 2.59.